The number of amides is 1. The molecule has 3 aliphatic rings. The van der Waals surface area contributed by atoms with E-state index in [1.165, 1.54) is 19.8 Å². The Morgan fingerprint density at radius 2 is 1.91 bits per heavy atom. The number of hydrogen-bond acceptors (Lipinski definition) is 5. The number of rotatable bonds is 6. The van der Waals surface area contributed by atoms with Crippen LogP contribution >= 0.6 is 0 Å². The summed E-state index contributed by atoms with van der Waals surface area (Å²) in [5.41, 5.74) is 1.45. The van der Waals surface area contributed by atoms with Gasteiger partial charge < -0.3 is 19.6 Å². The molecule has 1 heterocycles. The highest BCUT2D eigenvalue weighted by molar-refractivity contribution is 5.94. The average molecular weight is 477 g/mol. The van der Waals surface area contributed by atoms with E-state index in [9.17, 15) is 14.7 Å². The lowest BCUT2D eigenvalue weighted by Gasteiger charge is -2.56. The fourth-order valence-electron chi connectivity index (χ4n) is 6.46. The number of nitrogens with zero attached hydrogens (tertiary/aromatic N) is 2. The molecule has 5 rings (SSSR count). The van der Waals surface area contributed by atoms with Crippen LogP contribution in [0.25, 0.3) is 0 Å². The summed E-state index contributed by atoms with van der Waals surface area (Å²) in [6, 6.07) is 16.8. The largest absolute Gasteiger partial charge is 0.508 e. The predicted molar refractivity (Wildman–Crippen MR) is 134 cm³/mol. The minimum atomic E-state index is -0.290. The molecule has 2 aliphatic carbocycles. The first kappa shape index (κ1) is 23.9. The number of benzene rings is 2. The van der Waals surface area contributed by atoms with Gasteiger partial charge in [-0.2, -0.15) is 0 Å². The fraction of sp³-hybridized carbons (Fsp3) is 0.517. The van der Waals surface area contributed by atoms with Gasteiger partial charge in [0.1, 0.15) is 11.9 Å². The van der Waals surface area contributed by atoms with Gasteiger partial charge in [0.25, 0.3) is 5.91 Å². The molecule has 0 bridgehead atoms. The molecular weight excluding hydrogens is 440 g/mol. The first-order chi connectivity index (χ1) is 16.9. The van der Waals surface area contributed by atoms with Crippen molar-refractivity contribution in [2.24, 2.45) is 11.8 Å². The third kappa shape index (κ3) is 4.94. The number of likely N-dealkylation sites (tertiary alicyclic amines) is 1. The van der Waals surface area contributed by atoms with Gasteiger partial charge in [-0.25, -0.2) is 0 Å². The van der Waals surface area contributed by atoms with E-state index < -0.39 is 0 Å². The Bertz CT molecular complexity index is 1070. The van der Waals surface area contributed by atoms with Crippen molar-refractivity contribution >= 4 is 11.9 Å². The lowest BCUT2D eigenvalue weighted by atomic mass is 9.56. The summed E-state index contributed by atoms with van der Waals surface area (Å²) in [6.45, 7) is 4.42. The minimum absolute atomic E-state index is 0.0205. The van der Waals surface area contributed by atoms with Crippen molar-refractivity contribution in [3.05, 3.63) is 65.7 Å². The summed E-state index contributed by atoms with van der Waals surface area (Å²) in [7, 11) is 1.86. The van der Waals surface area contributed by atoms with E-state index in [4.69, 9.17) is 4.74 Å². The molecule has 1 N–H and O–H groups in total. The molecule has 2 aromatic carbocycles. The van der Waals surface area contributed by atoms with Gasteiger partial charge >= 0.3 is 5.97 Å². The number of esters is 1. The van der Waals surface area contributed by atoms with E-state index in [2.05, 4.69) is 11.0 Å². The maximum absolute atomic E-state index is 13.4. The zero-order chi connectivity index (χ0) is 24.6. The number of piperidine rings is 1. The van der Waals surface area contributed by atoms with Gasteiger partial charge in [-0.3, -0.25) is 9.59 Å². The van der Waals surface area contributed by atoms with Crippen molar-refractivity contribution in [2.45, 2.75) is 56.6 Å². The second-order valence-corrected chi connectivity index (χ2v) is 10.8. The van der Waals surface area contributed by atoms with E-state index in [1.807, 2.05) is 54.4 Å². The maximum Gasteiger partial charge on any atom is 0.302 e. The Balaban J connectivity index is 1.51. The summed E-state index contributed by atoms with van der Waals surface area (Å²) < 4.78 is 6.01. The van der Waals surface area contributed by atoms with Crippen molar-refractivity contribution in [2.75, 3.05) is 26.7 Å². The number of hydrogen-bond donors (Lipinski definition) is 1. The molecule has 35 heavy (non-hydrogen) atoms. The molecule has 0 radical (unpaired) electrons. The summed E-state index contributed by atoms with van der Waals surface area (Å²) in [5, 5.41) is 10.4. The molecule has 1 aliphatic heterocycles. The Kier molecular flexibility index (Phi) is 6.58. The number of fused-ring (bicyclic) bond motifs is 1. The Morgan fingerprint density at radius 3 is 2.60 bits per heavy atom. The van der Waals surface area contributed by atoms with Crippen LogP contribution in [0.2, 0.25) is 0 Å². The molecule has 1 amide bonds. The minimum Gasteiger partial charge on any atom is -0.508 e. The van der Waals surface area contributed by atoms with Gasteiger partial charge in [-0.15, -0.1) is 0 Å². The van der Waals surface area contributed by atoms with Crippen LogP contribution in [0.4, 0.5) is 0 Å². The van der Waals surface area contributed by atoms with Crippen LogP contribution in [-0.4, -0.2) is 65.6 Å². The van der Waals surface area contributed by atoms with E-state index in [0.717, 1.165) is 44.0 Å². The lowest BCUT2D eigenvalue weighted by molar-refractivity contribution is -0.158. The highest BCUT2D eigenvalue weighted by Gasteiger charge is 2.54. The number of carbonyl (C=O) groups excluding carboxylic acids is 2. The van der Waals surface area contributed by atoms with Crippen molar-refractivity contribution < 1.29 is 19.4 Å². The van der Waals surface area contributed by atoms with Crippen LogP contribution in [0.1, 0.15) is 54.9 Å². The average Bonchev–Trinajstić information content (AvgIpc) is 3.67. The molecule has 3 fully saturated rings. The number of phenolic OH excluding ortho intramolecular Hbond substituents is 1. The van der Waals surface area contributed by atoms with E-state index in [0.29, 0.717) is 12.0 Å². The third-order valence-electron chi connectivity index (χ3n) is 8.43. The number of carbonyl (C=O) groups is 2. The monoisotopic (exact) mass is 476 g/mol. The van der Waals surface area contributed by atoms with Crippen LogP contribution in [0.5, 0.6) is 5.75 Å². The van der Waals surface area contributed by atoms with Gasteiger partial charge in [0, 0.05) is 56.4 Å². The van der Waals surface area contributed by atoms with E-state index in [1.54, 1.807) is 6.07 Å². The Hall–Kier alpha value is -2.86. The highest BCUT2D eigenvalue weighted by atomic mass is 16.5. The van der Waals surface area contributed by atoms with Gasteiger partial charge in [-0.1, -0.05) is 30.3 Å². The molecule has 186 valence electrons. The van der Waals surface area contributed by atoms with Crippen molar-refractivity contribution in [3.8, 4) is 5.75 Å². The zero-order valence-electron chi connectivity index (χ0n) is 20.7. The topological polar surface area (TPSA) is 70.1 Å². The smallest absolute Gasteiger partial charge is 0.302 e. The van der Waals surface area contributed by atoms with Gasteiger partial charge in [-0.05, 0) is 68.0 Å². The van der Waals surface area contributed by atoms with Crippen LogP contribution in [0, 0.1) is 11.8 Å². The lowest BCUT2D eigenvalue weighted by Crippen LogP contribution is -2.62. The summed E-state index contributed by atoms with van der Waals surface area (Å²) in [6.07, 6.45) is 4.64. The van der Waals surface area contributed by atoms with Crippen LogP contribution in [0.15, 0.2) is 54.6 Å². The second kappa shape index (κ2) is 9.65. The summed E-state index contributed by atoms with van der Waals surface area (Å²) >= 11 is 0. The summed E-state index contributed by atoms with van der Waals surface area (Å²) in [4.78, 5) is 30.0. The molecule has 6 heteroatoms. The SMILES string of the molecule is CC(=O)OC1C[C@H](N(C)C(=O)c2ccccc2)CC2(c3cccc(O)c3)CCN(CC3CC3)CC12. The number of ether oxygens (including phenoxy) is 1. The van der Waals surface area contributed by atoms with Crippen LogP contribution in [-0.2, 0) is 14.9 Å². The molecule has 4 atom stereocenters. The first-order valence-electron chi connectivity index (χ1n) is 12.9. The van der Waals surface area contributed by atoms with Crippen molar-refractivity contribution in [1.82, 2.24) is 9.80 Å². The third-order valence-corrected chi connectivity index (χ3v) is 8.43. The maximum atomic E-state index is 13.4. The van der Waals surface area contributed by atoms with Crippen LogP contribution in [0.3, 0.4) is 0 Å². The van der Waals surface area contributed by atoms with E-state index >= 15 is 0 Å². The molecule has 2 saturated carbocycles. The Labute approximate surface area is 207 Å². The van der Waals surface area contributed by atoms with Gasteiger partial charge in [0.2, 0.25) is 0 Å². The van der Waals surface area contributed by atoms with Gasteiger partial charge in [0.15, 0.2) is 0 Å². The highest BCUT2D eigenvalue weighted by Crippen LogP contribution is 2.52. The van der Waals surface area contributed by atoms with Crippen LogP contribution < -0.4 is 0 Å². The molecule has 3 unspecified atom stereocenters. The number of phenols is 1. The standard InChI is InChI=1S/C29H36N2O4/c1-20(32)35-27-16-24(30(2)28(34)22-7-4-3-5-8-22)17-29(23-9-6-10-25(33)15-23)13-14-31(19-26(27)29)18-21-11-12-21/h3-10,15,21,24,26-27,33H,11-14,16-19H2,1-2H3/t24-,26?,27?,29?/m0/s1. The fourth-order valence-corrected chi connectivity index (χ4v) is 6.46. The zero-order valence-corrected chi connectivity index (χ0v) is 20.7. The molecule has 1 saturated heterocycles. The van der Waals surface area contributed by atoms with Crippen molar-refractivity contribution in [1.29, 1.82) is 0 Å². The van der Waals surface area contributed by atoms with Crippen molar-refractivity contribution in [3.63, 3.8) is 0 Å². The molecule has 2 aromatic rings. The number of aromatic hydroxyl groups is 1. The molecule has 0 spiro atoms. The second-order valence-electron chi connectivity index (χ2n) is 10.8. The molecular formula is C29H36N2O4. The Morgan fingerprint density at radius 1 is 1.14 bits per heavy atom. The first-order valence-corrected chi connectivity index (χ1v) is 12.9. The molecule has 6 nitrogen and oxygen atoms in total. The molecule has 0 aromatic heterocycles. The van der Waals surface area contributed by atoms with E-state index in [-0.39, 0.29) is 41.1 Å². The quantitative estimate of drug-likeness (QED) is 0.632. The predicted octanol–water partition coefficient (Wildman–Crippen LogP) is 4.23. The summed E-state index contributed by atoms with van der Waals surface area (Å²) in [5.74, 6) is 0.846. The normalized spacial score (nSPS) is 28.7. The van der Waals surface area contributed by atoms with Gasteiger partial charge in [0.05, 0.1) is 0 Å².